The monoisotopic (exact) mass is 409 g/mol. The number of furan rings is 1. The third-order valence-corrected chi connectivity index (χ3v) is 4.37. The van der Waals surface area contributed by atoms with Crippen LogP contribution in [0.5, 0.6) is 0 Å². The molecule has 0 unspecified atom stereocenters. The number of amides is 1. The zero-order chi connectivity index (χ0) is 17.9. The molecule has 2 heterocycles. The number of nitrogens with one attached hydrogen (secondary N) is 1. The molecule has 0 bridgehead atoms. The van der Waals surface area contributed by atoms with Gasteiger partial charge in [-0.15, -0.1) is 0 Å². The highest BCUT2D eigenvalue weighted by molar-refractivity contribution is 9.10. The third-order valence-electron chi connectivity index (χ3n) is 3.68. The van der Waals surface area contributed by atoms with Gasteiger partial charge in [-0.25, -0.2) is 0 Å². The number of halogens is 1. The lowest BCUT2D eigenvalue weighted by atomic mass is 10.2. The molecule has 26 heavy (non-hydrogen) atoms. The first-order valence-electron chi connectivity index (χ1n) is 7.74. The van der Waals surface area contributed by atoms with Crippen LogP contribution in [0, 0.1) is 0 Å². The molecule has 0 radical (unpaired) electrons. The highest BCUT2D eigenvalue weighted by Crippen LogP contribution is 2.28. The van der Waals surface area contributed by atoms with Gasteiger partial charge in [-0.3, -0.25) is 4.79 Å². The largest absolute Gasteiger partial charge is 0.459 e. The van der Waals surface area contributed by atoms with Crippen LogP contribution in [0.25, 0.3) is 22.8 Å². The maximum atomic E-state index is 12.0. The zero-order valence-corrected chi connectivity index (χ0v) is 14.9. The second kappa shape index (κ2) is 6.97. The number of nitrogens with zero attached hydrogens (tertiary/aromatic N) is 2. The summed E-state index contributed by atoms with van der Waals surface area (Å²) in [6.45, 7) is 0. The van der Waals surface area contributed by atoms with Crippen molar-refractivity contribution in [3.05, 3.63) is 77.2 Å². The lowest BCUT2D eigenvalue weighted by Crippen LogP contribution is -2.10. The summed E-state index contributed by atoms with van der Waals surface area (Å²) in [6.07, 6.45) is 1.46. The summed E-state index contributed by atoms with van der Waals surface area (Å²) in [7, 11) is 0. The first-order valence-corrected chi connectivity index (χ1v) is 8.54. The van der Waals surface area contributed by atoms with Gasteiger partial charge in [0.15, 0.2) is 5.76 Å². The molecule has 0 saturated carbocycles. The molecule has 0 atom stereocenters. The van der Waals surface area contributed by atoms with Crippen LogP contribution in [0.2, 0.25) is 0 Å². The second-order valence-electron chi connectivity index (χ2n) is 5.41. The molecule has 1 N–H and O–H groups in total. The molecule has 6 nitrogen and oxygen atoms in total. The van der Waals surface area contributed by atoms with Crippen molar-refractivity contribution in [2.75, 3.05) is 5.32 Å². The van der Waals surface area contributed by atoms with Gasteiger partial charge in [0.25, 0.3) is 11.8 Å². The number of benzene rings is 2. The van der Waals surface area contributed by atoms with Gasteiger partial charge < -0.3 is 14.3 Å². The maximum Gasteiger partial charge on any atom is 0.291 e. The minimum absolute atomic E-state index is 0.255. The highest BCUT2D eigenvalue weighted by Gasteiger charge is 2.13. The van der Waals surface area contributed by atoms with Crippen LogP contribution in [0.3, 0.4) is 0 Å². The predicted octanol–water partition coefficient (Wildman–Crippen LogP) is 5.01. The van der Waals surface area contributed by atoms with Gasteiger partial charge in [0, 0.05) is 15.7 Å². The smallest absolute Gasteiger partial charge is 0.291 e. The van der Waals surface area contributed by atoms with Crippen LogP contribution in [-0.2, 0) is 0 Å². The second-order valence-corrected chi connectivity index (χ2v) is 6.27. The Balaban J connectivity index is 1.53. The molecule has 0 saturated heterocycles. The van der Waals surface area contributed by atoms with E-state index in [0.717, 1.165) is 15.6 Å². The average Bonchev–Trinajstić information content (AvgIpc) is 3.35. The number of carbonyl (C=O) groups excluding carboxylic acids is 1. The van der Waals surface area contributed by atoms with E-state index in [1.165, 1.54) is 6.26 Å². The van der Waals surface area contributed by atoms with Crippen molar-refractivity contribution in [3.63, 3.8) is 0 Å². The Hall–Kier alpha value is -3.19. The molecule has 4 aromatic rings. The molecule has 1 amide bonds. The molecule has 4 rings (SSSR count). The summed E-state index contributed by atoms with van der Waals surface area (Å²) in [4.78, 5) is 16.4. The first-order chi connectivity index (χ1) is 12.7. The lowest BCUT2D eigenvalue weighted by Gasteiger charge is -2.03. The summed E-state index contributed by atoms with van der Waals surface area (Å²) in [5, 5.41) is 6.78. The lowest BCUT2D eigenvalue weighted by molar-refractivity contribution is 0.0996. The minimum atomic E-state index is -0.307. The van der Waals surface area contributed by atoms with E-state index < -0.39 is 0 Å². The zero-order valence-electron chi connectivity index (χ0n) is 13.3. The fourth-order valence-corrected chi connectivity index (χ4v) is 2.84. The van der Waals surface area contributed by atoms with Crippen molar-refractivity contribution < 1.29 is 13.7 Å². The van der Waals surface area contributed by atoms with E-state index in [2.05, 4.69) is 31.4 Å². The molecular formula is C19H12BrN3O3. The van der Waals surface area contributed by atoms with E-state index in [-0.39, 0.29) is 11.7 Å². The van der Waals surface area contributed by atoms with Gasteiger partial charge >= 0.3 is 0 Å². The van der Waals surface area contributed by atoms with Crippen LogP contribution < -0.4 is 5.32 Å². The maximum absolute atomic E-state index is 12.0. The summed E-state index contributed by atoms with van der Waals surface area (Å²) in [5.74, 6) is 0.853. The summed E-state index contributed by atoms with van der Waals surface area (Å²) < 4.78 is 11.3. The van der Waals surface area contributed by atoms with Crippen molar-refractivity contribution in [1.29, 1.82) is 0 Å². The van der Waals surface area contributed by atoms with E-state index in [1.54, 1.807) is 24.3 Å². The van der Waals surface area contributed by atoms with Gasteiger partial charge in [-0.1, -0.05) is 17.3 Å². The van der Waals surface area contributed by atoms with Crippen LogP contribution in [-0.4, -0.2) is 16.0 Å². The standard InChI is InChI=1S/C19H12BrN3O3/c20-15-5-2-1-4-14(15)19-22-17(23-26-19)12-7-9-13(10-8-12)21-18(24)16-6-3-11-25-16/h1-11H,(H,21,24). The van der Waals surface area contributed by atoms with Crippen molar-refractivity contribution in [3.8, 4) is 22.8 Å². The Bertz CT molecular complexity index is 1040. The molecule has 2 aromatic carbocycles. The van der Waals surface area contributed by atoms with Crippen molar-refractivity contribution in [2.45, 2.75) is 0 Å². The van der Waals surface area contributed by atoms with Crippen LogP contribution in [0.1, 0.15) is 10.6 Å². The van der Waals surface area contributed by atoms with E-state index in [4.69, 9.17) is 8.94 Å². The summed E-state index contributed by atoms with van der Waals surface area (Å²) >= 11 is 3.47. The molecule has 0 aliphatic heterocycles. The molecule has 0 spiro atoms. The Kier molecular flexibility index (Phi) is 4.37. The fourth-order valence-electron chi connectivity index (χ4n) is 2.39. The number of anilines is 1. The molecule has 0 fully saturated rings. The van der Waals surface area contributed by atoms with Gasteiger partial charge in [0.1, 0.15) is 0 Å². The predicted molar refractivity (Wildman–Crippen MR) is 99.5 cm³/mol. The number of rotatable bonds is 4. The Morgan fingerprint density at radius 1 is 1.00 bits per heavy atom. The minimum Gasteiger partial charge on any atom is -0.459 e. The number of carbonyl (C=O) groups is 1. The van der Waals surface area contributed by atoms with Gasteiger partial charge in [0.2, 0.25) is 5.82 Å². The van der Waals surface area contributed by atoms with Gasteiger partial charge in [-0.2, -0.15) is 4.98 Å². The molecule has 0 aliphatic carbocycles. The highest BCUT2D eigenvalue weighted by atomic mass is 79.9. The van der Waals surface area contributed by atoms with Crippen molar-refractivity contribution in [2.24, 2.45) is 0 Å². The summed E-state index contributed by atoms with van der Waals surface area (Å²) in [6, 6.07) is 18.1. The van der Waals surface area contributed by atoms with E-state index in [9.17, 15) is 4.79 Å². The van der Waals surface area contributed by atoms with Crippen molar-refractivity contribution in [1.82, 2.24) is 10.1 Å². The Labute approximate surface area is 157 Å². The molecule has 0 aliphatic rings. The SMILES string of the molecule is O=C(Nc1ccc(-c2noc(-c3ccccc3Br)n2)cc1)c1ccco1. The van der Waals surface area contributed by atoms with Crippen LogP contribution >= 0.6 is 15.9 Å². The molecule has 128 valence electrons. The quantitative estimate of drug-likeness (QED) is 0.512. The number of hydrogen-bond acceptors (Lipinski definition) is 5. The van der Waals surface area contributed by atoms with E-state index >= 15 is 0 Å². The Morgan fingerprint density at radius 2 is 1.81 bits per heavy atom. The van der Waals surface area contributed by atoms with Crippen LogP contribution in [0.15, 0.2) is 80.3 Å². The summed E-state index contributed by atoms with van der Waals surface area (Å²) in [5.41, 5.74) is 2.25. The molecule has 7 heteroatoms. The average molecular weight is 410 g/mol. The van der Waals surface area contributed by atoms with Gasteiger partial charge in [-0.05, 0) is 64.5 Å². The topological polar surface area (TPSA) is 81.2 Å². The van der Waals surface area contributed by atoms with E-state index in [0.29, 0.717) is 17.4 Å². The molecule has 2 aromatic heterocycles. The van der Waals surface area contributed by atoms with Gasteiger partial charge in [0.05, 0.1) is 11.8 Å². The normalized spacial score (nSPS) is 10.7. The number of hydrogen-bond donors (Lipinski definition) is 1. The fraction of sp³-hybridized carbons (Fsp3) is 0. The molecular weight excluding hydrogens is 398 g/mol. The third kappa shape index (κ3) is 3.29. The van der Waals surface area contributed by atoms with Crippen molar-refractivity contribution >= 4 is 27.5 Å². The Morgan fingerprint density at radius 3 is 2.54 bits per heavy atom. The first kappa shape index (κ1) is 16.3. The number of aromatic nitrogens is 2. The van der Waals surface area contributed by atoms with Crippen LogP contribution in [0.4, 0.5) is 5.69 Å². The van der Waals surface area contributed by atoms with E-state index in [1.807, 2.05) is 36.4 Å².